The summed E-state index contributed by atoms with van der Waals surface area (Å²) in [6, 6.07) is 11.8. The number of carbonyl (C=O) groups excluding carboxylic acids is 2. The molecule has 3 N–H and O–H groups in total. The van der Waals surface area contributed by atoms with Crippen LogP contribution in [0.15, 0.2) is 52.0 Å². The molecule has 33 heavy (non-hydrogen) atoms. The lowest BCUT2D eigenvalue weighted by Gasteiger charge is -2.13. The van der Waals surface area contributed by atoms with Crippen LogP contribution >= 0.6 is 0 Å². The summed E-state index contributed by atoms with van der Waals surface area (Å²) in [6.45, 7) is 3.73. The number of hydrogen-bond acceptors (Lipinski definition) is 6. The number of anilines is 1. The van der Waals surface area contributed by atoms with Gasteiger partial charge in [-0.15, -0.1) is 0 Å². The van der Waals surface area contributed by atoms with E-state index in [1.54, 1.807) is 32.2 Å². The van der Waals surface area contributed by atoms with Crippen molar-refractivity contribution in [1.29, 1.82) is 0 Å². The summed E-state index contributed by atoms with van der Waals surface area (Å²) in [6.07, 6.45) is 2.07. The lowest BCUT2D eigenvalue weighted by Crippen LogP contribution is -2.22. The zero-order chi connectivity index (χ0) is 23.5. The molecule has 8 heteroatoms. The molecule has 0 fully saturated rings. The van der Waals surface area contributed by atoms with E-state index in [0.717, 1.165) is 17.5 Å². The molecule has 1 aromatic heterocycles. The van der Waals surface area contributed by atoms with Gasteiger partial charge >= 0.3 is 0 Å². The molecule has 0 spiro atoms. The molecule has 1 aliphatic rings. The van der Waals surface area contributed by atoms with E-state index in [9.17, 15) is 14.7 Å². The van der Waals surface area contributed by atoms with Crippen LogP contribution in [0.3, 0.4) is 0 Å². The fourth-order valence-corrected chi connectivity index (χ4v) is 3.94. The fourth-order valence-electron chi connectivity index (χ4n) is 3.94. The smallest absolute Gasteiger partial charge is 0.291 e. The summed E-state index contributed by atoms with van der Waals surface area (Å²) in [5.41, 5.74) is 6.20. The van der Waals surface area contributed by atoms with Crippen molar-refractivity contribution in [3.05, 3.63) is 76.2 Å². The summed E-state index contributed by atoms with van der Waals surface area (Å²) >= 11 is 0. The molecule has 4 rings (SSSR count). The third kappa shape index (κ3) is 4.45. The Morgan fingerprint density at radius 1 is 1.09 bits per heavy atom. The molecule has 2 amide bonds. The quantitative estimate of drug-likeness (QED) is 0.504. The second-order valence-corrected chi connectivity index (χ2v) is 7.88. The summed E-state index contributed by atoms with van der Waals surface area (Å²) < 4.78 is 11.3. The molecule has 0 radical (unpaired) electrons. The Labute approximate surface area is 191 Å². The standard InChI is InChI=1S/C25H25N3O5/c1-14-11-12-20(32-3)18(13-14)26-25(31)23-15(2)22-17(8-6-10-21(22)33-23)27-28-24(30)16-7-4-5-9-19(16)29/h4-5,7,9,11-13,29H,6,8,10H2,1-3H3,(H,26,31)(H,28,30)/b27-17+. The summed E-state index contributed by atoms with van der Waals surface area (Å²) in [4.78, 5) is 25.5. The second-order valence-electron chi connectivity index (χ2n) is 7.88. The number of nitrogens with zero attached hydrogens (tertiary/aromatic N) is 1. The van der Waals surface area contributed by atoms with Crippen molar-refractivity contribution in [1.82, 2.24) is 5.43 Å². The van der Waals surface area contributed by atoms with Crippen LogP contribution in [0.2, 0.25) is 0 Å². The number of fused-ring (bicyclic) bond motifs is 1. The van der Waals surface area contributed by atoms with Gasteiger partial charge in [-0.05, 0) is 56.5 Å². The molecule has 0 atom stereocenters. The highest BCUT2D eigenvalue weighted by Gasteiger charge is 2.28. The van der Waals surface area contributed by atoms with Crippen molar-refractivity contribution in [2.45, 2.75) is 33.1 Å². The number of phenolic OH excluding ortho intramolecular Hbond substituents is 1. The molecule has 0 bridgehead atoms. The van der Waals surface area contributed by atoms with E-state index >= 15 is 0 Å². The van der Waals surface area contributed by atoms with Gasteiger partial charge in [0.05, 0.1) is 24.1 Å². The molecule has 0 saturated heterocycles. The number of aryl methyl sites for hydroxylation is 2. The van der Waals surface area contributed by atoms with E-state index in [1.165, 1.54) is 12.1 Å². The minimum Gasteiger partial charge on any atom is -0.507 e. The second kappa shape index (κ2) is 9.20. The zero-order valence-electron chi connectivity index (χ0n) is 18.7. The van der Waals surface area contributed by atoms with Gasteiger partial charge in [0, 0.05) is 17.5 Å². The van der Waals surface area contributed by atoms with E-state index in [2.05, 4.69) is 15.8 Å². The maximum atomic E-state index is 13.0. The Morgan fingerprint density at radius 3 is 2.64 bits per heavy atom. The van der Waals surface area contributed by atoms with Crippen LogP contribution in [-0.2, 0) is 6.42 Å². The first kappa shape index (κ1) is 22.1. The van der Waals surface area contributed by atoms with Gasteiger partial charge < -0.3 is 19.6 Å². The van der Waals surface area contributed by atoms with Crippen molar-refractivity contribution in [3.8, 4) is 11.5 Å². The molecule has 0 aliphatic heterocycles. The number of amides is 2. The van der Waals surface area contributed by atoms with Crippen molar-refractivity contribution < 1.29 is 23.8 Å². The number of phenols is 1. The molecule has 1 heterocycles. The summed E-state index contributed by atoms with van der Waals surface area (Å²) in [5, 5.41) is 17.0. The van der Waals surface area contributed by atoms with Crippen molar-refractivity contribution in [3.63, 3.8) is 0 Å². The maximum absolute atomic E-state index is 13.0. The molecule has 0 saturated carbocycles. The van der Waals surface area contributed by atoms with Crippen LogP contribution in [0.5, 0.6) is 11.5 Å². The van der Waals surface area contributed by atoms with E-state index in [0.29, 0.717) is 41.3 Å². The average molecular weight is 447 g/mol. The van der Waals surface area contributed by atoms with E-state index in [1.807, 2.05) is 19.1 Å². The lowest BCUT2D eigenvalue weighted by molar-refractivity contribution is 0.0950. The maximum Gasteiger partial charge on any atom is 0.291 e. The van der Waals surface area contributed by atoms with Gasteiger partial charge in [-0.1, -0.05) is 18.2 Å². The van der Waals surface area contributed by atoms with Gasteiger partial charge in [-0.25, -0.2) is 5.43 Å². The van der Waals surface area contributed by atoms with Gasteiger partial charge in [0.15, 0.2) is 5.76 Å². The van der Waals surface area contributed by atoms with Crippen molar-refractivity contribution in [2.75, 3.05) is 12.4 Å². The van der Waals surface area contributed by atoms with Gasteiger partial charge in [0.1, 0.15) is 17.3 Å². The van der Waals surface area contributed by atoms with Crippen LogP contribution < -0.4 is 15.5 Å². The Balaban J connectivity index is 1.59. The fraction of sp³-hybridized carbons (Fsp3) is 0.240. The first-order chi connectivity index (χ1) is 15.9. The molecular formula is C25H25N3O5. The molecular weight excluding hydrogens is 422 g/mol. The van der Waals surface area contributed by atoms with Crippen LogP contribution in [0.25, 0.3) is 0 Å². The Kier molecular flexibility index (Phi) is 6.17. The first-order valence-corrected chi connectivity index (χ1v) is 10.6. The van der Waals surface area contributed by atoms with Gasteiger partial charge in [0.25, 0.3) is 11.8 Å². The van der Waals surface area contributed by atoms with Crippen LogP contribution in [0, 0.1) is 13.8 Å². The minimum atomic E-state index is -0.515. The minimum absolute atomic E-state index is 0.121. The van der Waals surface area contributed by atoms with E-state index < -0.39 is 5.91 Å². The number of para-hydroxylation sites is 1. The van der Waals surface area contributed by atoms with Gasteiger partial charge in [-0.3, -0.25) is 9.59 Å². The van der Waals surface area contributed by atoms with Gasteiger partial charge in [-0.2, -0.15) is 5.10 Å². The topological polar surface area (TPSA) is 113 Å². The SMILES string of the molecule is COc1ccc(C)cc1NC(=O)c1oc2c(c1C)/C(=N/NC(=O)c1ccccc1O)CCC2. The van der Waals surface area contributed by atoms with Crippen molar-refractivity contribution >= 4 is 23.2 Å². The Bertz CT molecular complexity index is 1260. The highest BCUT2D eigenvalue weighted by molar-refractivity contribution is 6.10. The predicted molar refractivity (Wildman–Crippen MR) is 124 cm³/mol. The Hall–Kier alpha value is -4.07. The molecule has 0 unspecified atom stereocenters. The van der Waals surface area contributed by atoms with Crippen LogP contribution in [-0.4, -0.2) is 29.7 Å². The first-order valence-electron chi connectivity index (χ1n) is 10.6. The largest absolute Gasteiger partial charge is 0.507 e. The number of rotatable bonds is 5. The number of nitrogens with one attached hydrogen (secondary N) is 2. The number of aromatic hydroxyl groups is 1. The Morgan fingerprint density at radius 2 is 1.88 bits per heavy atom. The monoisotopic (exact) mass is 447 g/mol. The molecule has 2 aromatic carbocycles. The molecule has 3 aromatic rings. The molecule has 170 valence electrons. The number of hydrazone groups is 1. The number of carbonyl (C=O) groups is 2. The van der Waals surface area contributed by atoms with Crippen LogP contribution in [0.4, 0.5) is 5.69 Å². The van der Waals surface area contributed by atoms with E-state index in [-0.39, 0.29) is 23.0 Å². The molecule has 8 nitrogen and oxygen atoms in total. The third-order valence-corrected chi connectivity index (χ3v) is 5.58. The normalized spacial score (nSPS) is 14.0. The van der Waals surface area contributed by atoms with Gasteiger partial charge in [0.2, 0.25) is 0 Å². The number of ether oxygens (including phenoxy) is 1. The highest BCUT2D eigenvalue weighted by Crippen LogP contribution is 2.32. The highest BCUT2D eigenvalue weighted by atomic mass is 16.5. The number of furan rings is 1. The number of benzene rings is 2. The number of methoxy groups -OCH3 is 1. The molecule has 1 aliphatic carbocycles. The average Bonchev–Trinajstić information content (AvgIpc) is 3.15. The number of hydrogen-bond donors (Lipinski definition) is 3. The van der Waals surface area contributed by atoms with Crippen molar-refractivity contribution in [2.24, 2.45) is 5.10 Å². The summed E-state index contributed by atoms with van der Waals surface area (Å²) in [7, 11) is 1.55. The third-order valence-electron chi connectivity index (χ3n) is 5.58. The summed E-state index contributed by atoms with van der Waals surface area (Å²) in [5.74, 6) is 0.393. The zero-order valence-corrected chi connectivity index (χ0v) is 18.7. The predicted octanol–water partition coefficient (Wildman–Crippen LogP) is 4.33. The van der Waals surface area contributed by atoms with E-state index in [4.69, 9.17) is 9.15 Å². The lowest BCUT2D eigenvalue weighted by atomic mass is 9.93. The van der Waals surface area contributed by atoms with Crippen LogP contribution in [0.1, 0.15) is 56.2 Å².